The van der Waals surface area contributed by atoms with Crippen LogP contribution in [0, 0.1) is 0 Å². The minimum absolute atomic E-state index is 0.0201. The molecule has 0 fully saturated rings. The standard InChI is InChI=1S/C18H21ClN2O5S.C2HF3O2/c1-4-21(5-2)16-8-6-12(10-14(16)18(22)23)20-27(24,25)13-7-9-17(26-3)15(19)11-13;3-2(4,5)1(6)7/h6-11,20H,4-5H2,1-3H3,(H,22,23);(H,6,7). The highest BCUT2D eigenvalue weighted by Gasteiger charge is 2.38. The number of sulfonamides is 1. The molecular weight excluding hydrogens is 505 g/mol. The average molecular weight is 527 g/mol. The number of rotatable bonds is 8. The summed E-state index contributed by atoms with van der Waals surface area (Å²) in [4.78, 5) is 22.3. The van der Waals surface area contributed by atoms with Crippen molar-refractivity contribution >= 4 is 44.9 Å². The first-order chi connectivity index (χ1) is 15.7. The van der Waals surface area contributed by atoms with Crippen molar-refractivity contribution in [2.24, 2.45) is 0 Å². The highest BCUT2D eigenvalue weighted by atomic mass is 35.5. The predicted molar refractivity (Wildman–Crippen MR) is 119 cm³/mol. The lowest BCUT2D eigenvalue weighted by Gasteiger charge is -2.23. The Morgan fingerprint density at radius 1 is 1.09 bits per heavy atom. The van der Waals surface area contributed by atoms with E-state index in [0.717, 1.165) is 0 Å². The minimum Gasteiger partial charge on any atom is -0.495 e. The Kier molecular flexibility index (Phi) is 10.0. The maximum atomic E-state index is 12.6. The second-order valence-corrected chi connectivity index (χ2v) is 8.50. The van der Waals surface area contributed by atoms with Crippen LogP contribution in [0.4, 0.5) is 24.5 Å². The molecule has 0 aromatic heterocycles. The van der Waals surface area contributed by atoms with Crippen LogP contribution >= 0.6 is 11.6 Å². The van der Waals surface area contributed by atoms with Crippen molar-refractivity contribution < 1.29 is 46.1 Å². The molecule has 0 atom stereocenters. The SMILES string of the molecule is CCN(CC)c1ccc(NS(=O)(=O)c2ccc(OC)c(Cl)c2)cc1C(=O)O.O=C(O)C(F)(F)F. The molecule has 0 aliphatic heterocycles. The number of nitrogens with one attached hydrogen (secondary N) is 1. The minimum atomic E-state index is -5.08. The molecule has 0 saturated heterocycles. The number of carbonyl (C=O) groups is 2. The number of aromatic carboxylic acids is 1. The fraction of sp³-hybridized carbons (Fsp3) is 0.300. The summed E-state index contributed by atoms with van der Waals surface area (Å²) in [6.07, 6.45) is -5.08. The van der Waals surface area contributed by atoms with Gasteiger partial charge in [0.25, 0.3) is 10.0 Å². The zero-order valence-electron chi connectivity index (χ0n) is 18.2. The van der Waals surface area contributed by atoms with Gasteiger partial charge in [0.05, 0.1) is 28.3 Å². The second-order valence-electron chi connectivity index (χ2n) is 6.41. The van der Waals surface area contributed by atoms with Crippen molar-refractivity contribution in [2.75, 3.05) is 29.8 Å². The van der Waals surface area contributed by atoms with Gasteiger partial charge in [-0.15, -0.1) is 0 Å². The molecule has 0 aliphatic rings. The van der Waals surface area contributed by atoms with Crippen molar-refractivity contribution in [1.29, 1.82) is 0 Å². The fourth-order valence-electron chi connectivity index (χ4n) is 2.64. The summed E-state index contributed by atoms with van der Waals surface area (Å²) < 4.78 is 64.3. The zero-order valence-corrected chi connectivity index (χ0v) is 19.8. The molecule has 34 heavy (non-hydrogen) atoms. The van der Waals surface area contributed by atoms with Gasteiger partial charge in [0.15, 0.2) is 0 Å². The van der Waals surface area contributed by atoms with Gasteiger partial charge in [-0.25, -0.2) is 18.0 Å². The lowest BCUT2D eigenvalue weighted by atomic mass is 10.1. The molecule has 3 N–H and O–H groups in total. The Hall–Kier alpha value is -3.19. The van der Waals surface area contributed by atoms with E-state index in [4.69, 9.17) is 26.2 Å². The molecular formula is C20H22ClF3N2O7S. The Labute approximate surface area is 198 Å². The molecule has 0 aliphatic carbocycles. The number of alkyl halides is 3. The van der Waals surface area contributed by atoms with Crippen molar-refractivity contribution in [3.05, 3.63) is 47.0 Å². The molecule has 2 aromatic rings. The maximum absolute atomic E-state index is 12.6. The lowest BCUT2D eigenvalue weighted by molar-refractivity contribution is -0.192. The third-order valence-electron chi connectivity index (χ3n) is 4.26. The largest absolute Gasteiger partial charge is 0.495 e. The molecule has 0 bridgehead atoms. The van der Waals surface area contributed by atoms with Crippen molar-refractivity contribution in [2.45, 2.75) is 24.9 Å². The van der Waals surface area contributed by atoms with E-state index in [2.05, 4.69) is 4.72 Å². The Balaban J connectivity index is 0.000000718. The third kappa shape index (κ3) is 7.70. The molecule has 0 radical (unpaired) electrons. The van der Waals surface area contributed by atoms with Gasteiger partial charge < -0.3 is 19.8 Å². The molecule has 9 nitrogen and oxygen atoms in total. The normalized spacial score (nSPS) is 11.1. The Morgan fingerprint density at radius 3 is 2.06 bits per heavy atom. The maximum Gasteiger partial charge on any atom is 0.490 e. The summed E-state index contributed by atoms with van der Waals surface area (Å²) in [5, 5.41) is 16.8. The van der Waals surface area contributed by atoms with Gasteiger partial charge in [0.2, 0.25) is 0 Å². The van der Waals surface area contributed by atoms with E-state index in [1.54, 1.807) is 6.07 Å². The number of anilines is 2. The summed E-state index contributed by atoms with van der Waals surface area (Å²) in [5.74, 6) is -3.54. The van der Waals surface area contributed by atoms with E-state index in [9.17, 15) is 31.5 Å². The topological polar surface area (TPSA) is 133 Å². The van der Waals surface area contributed by atoms with Crippen LogP contribution in [0.3, 0.4) is 0 Å². The highest BCUT2D eigenvalue weighted by molar-refractivity contribution is 7.92. The molecule has 0 spiro atoms. The summed E-state index contributed by atoms with van der Waals surface area (Å²) in [6.45, 7) is 5.09. The van der Waals surface area contributed by atoms with Gasteiger partial charge in [0, 0.05) is 18.8 Å². The first-order valence-electron chi connectivity index (χ1n) is 9.46. The number of carboxylic acid groups (broad SMARTS) is 2. The van der Waals surface area contributed by atoms with Gasteiger partial charge >= 0.3 is 18.1 Å². The second kappa shape index (κ2) is 11.8. The summed E-state index contributed by atoms with van der Waals surface area (Å²) >= 11 is 5.99. The van der Waals surface area contributed by atoms with E-state index >= 15 is 0 Å². The van der Waals surface area contributed by atoms with Crippen LogP contribution < -0.4 is 14.4 Å². The molecule has 14 heteroatoms. The van der Waals surface area contributed by atoms with Gasteiger partial charge in [-0.2, -0.15) is 13.2 Å². The highest BCUT2D eigenvalue weighted by Crippen LogP contribution is 2.29. The van der Waals surface area contributed by atoms with Crippen LogP contribution in [0.5, 0.6) is 5.75 Å². The predicted octanol–water partition coefficient (Wildman–Crippen LogP) is 4.33. The smallest absolute Gasteiger partial charge is 0.490 e. The Bertz CT molecular complexity index is 1140. The zero-order chi connectivity index (χ0) is 26.3. The molecule has 0 saturated carbocycles. The van der Waals surface area contributed by atoms with Crippen LogP contribution in [0.2, 0.25) is 5.02 Å². The van der Waals surface area contributed by atoms with Crippen molar-refractivity contribution in [3.8, 4) is 5.75 Å². The summed E-state index contributed by atoms with van der Waals surface area (Å²) in [6, 6.07) is 8.50. The van der Waals surface area contributed by atoms with Crippen LogP contribution in [-0.4, -0.2) is 56.9 Å². The van der Waals surface area contributed by atoms with Crippen LogP contribution in [0.25, 0.3) is 0 Å². The van der Waals surface area contributed by atoms with Gasteiger partial charge in [-0.3, -0.25) is 4.72 Å². The fourth-order valence-corrected chi connectivity index (χ4v) is 4.04. The average Bonchev–Trinajstić information content (AvgIpc) is 2.74. The number of carboxylic acids is 2. The third-order valence-corrected chi connectivity index (χ3v) is 5.93. The molecule has 0 unspecified atom stereocenters. The molecule has 2 aromatic carbocycles. The number of aliphatic carboxylic acids is 1. The number of hydrogen-bond acceptors (Lipinski definition) is 6. The first-order valence-corrected chi connectivity index (χ1v) is 11.3. The van der Waals surface area contributed by atoms with Crippen molar-refractivity contribution in [1.82, 2.24) is 0 Å². The molecule has 0 amide bonds. The number of hydrogen-bond donors (Lipinski definition) is 3. The lowest BCUT2D eigenvalue weighted by Crippen LogP contribution is -2.24. The van der Waals surface area contributed by atoms with Gasteiger partial charge in [0.1, 0.15) is 5.75 Å². The summed E-state index contributed by atoms with van der Waals surface area (Å²) in [7, 11) is -2.51. The number of nitrogens with zero attached hydrogens (tertiary/aromatic N) is 1. The first kappa shape index (κ1) is 28.8. The number of halogens is 4. The molecule has 2 rings (SSSR count). The Morgan fingerprint density at radius 2 is 1.65 bits per heavy atom. The van der Waals surface area contributed by atoms with Gasteiger partial charge in [-0.05, 0) is 50.2 Å². The van der Waals surface area contributed by atoms with E-state index in [-0.39, 0.29) is 21.2 Å². The van der Waals surface area contributed by atoms with E-state index in [1.165, 1.54) is 37.4 Å². The van der Waals surface area contributed by atoms with Gasteiger partial charge in [-0.1, -0.05) is 11.6 Å². The molecule has 188 valence electrons. The van der Waals surface area contributed by atoms with E-state index < -0.39 is 28.1 Å². The molecule has 0 heterocycles. The monoisotopic (exact) mass is 526 g/mol. The van der Waals surface area contributed by atoms with Crippen LogP contribution in [-0.2, 0) is 14.8 Å². The number of ether oxygens (including phenoxy) is 1. The summed E-state index contributed by atoms with van der Waals surface area (Å²) in [5.41, 5.74) is 0.699. The van der Waals surface area contributed by atoms with E-state index in [1.807, 2.05) is 18.7 Å². The quantitative estimate of drug-likeness (QED) is 0.463. The van der Waals surface area contributed by atoms with Crippen LogP contribution in [0.1, 0.15) is 24.2 Å². The van der Waals surface area contributed by atoms with Crippen LogP contribution in [0.15, 0.2) is 41.3 Å². The van der Waals surface area contributed by atoms with Crippen molar-refractivity contribution in [3.63, 3.8) is 0 Å². The number of benzene rings is 2. The number of methoxy groups -OCH3 is 1. The van der Waals surface area contributed by atoms with E-state index in [0.29, 0.717) is 24.5 Å².